The standard InChI is InChI=1S/C13H20ClN3/c1-16-8-4-6-12(10-16)17(2)13-7-3-5-11(9-14)15-13/h3,5,7,12H,4,6,8-10H2,1-2H3. The second-order valence-corrected chi connectivity index (χ2v) is 5.06. The molecular formula is C13H20ClN3. The van der Waals surface area contributed by atoms with Crippen LogP contribution in [0, 0.1) is 0 Å². The average molecular weight is 254 g/mol. The minimum atomic E-state index is 0.478. The van der Waals surface area contributed by atoms with Crippen LogP contribution in [0.25, 0.3) is 0 Å². The Bertz CT molecular complexity index is 369. The van der Waals surface area contributed by atoms with Crippen molar-refractivity contribution in [1.29, 1.82) is 0 Å². The van der Waals surface area contributed by atoms with Crippen LogP contribution in [0.5, 0.6) is 0 Å². The van der Waals surface area contributed by atoms with Gasteiger partial charge in [0.15, 0.2) is 0 Å². The van der Waals surface area contributed by atoms with Gasteiger partial charge in [-0.25, -0.2) is 4.98 Å². The summed E-state index contributed by atoms with van der Waals surface area (Å²) in [6.45, 7) is 2.32. The number of anilines is 1. The summed E-state index contributed by atoms with van der Waals surface area (Å²) in [5.41, 5.74) is 0.945. The minimum Gasteiger partial charge on any atom is -0.355 e. The quantitative estimate of drug-likeness (QED) is 0.771. The Morgan fingerprint density at radius 2 is 2.35 bits per heavy atom. The summed E-state index contributed by atoms with van der Waals surface area (Å²) >= 11 is 5.82. The Morgan fingerprint density at radius 1 is 1.53 bits per heavy atom. The summed E-state index contributed by atoms with van der Waals surface area (Å²) in [5.74, 6) is 1.51. The molecule has 17 heavy (non-hydrogen) atoms. The molecule has 1 aliphatic rings. The van der Waals surface area contributed by atoms with Crippen molar-refractivity contribution >= 4 is 17.4 Å². The van der Waals surface area contributed by atoms with Gasteiger partial charge in [0, 0.05) is 19.6 Å². The van der Waals surface area contributed by atoms with Crippen molar-refractivity contribution in [3.05, 3.63) is 23.9 Å². The molecule has 94 valence electrons. The first-order valence-electron chi connectivity index (χ1n) is 6.14. The molecule has 2 heterocycles. The highest BCUT2D eigenvalue weighted by molar-refractivity contribution is 6.16. The van der Waals surface area contributed by atoms with E-state index in [1.165, 1.54) is 19.4 Å². The number of nitrogens with zero attached hydrogens (tertiary/aromatic N) is 3. The molecule has 1 fully saturated rings. The molecule has 0 N–H and O–H groups in total. The van der Waals surface area contributed by atoms with Gasteiger partial charge in [-0.3, -0.25) is 0 Å². The number of likely N-dealkylation sites (tertiary alicyclic amines) is 1. The van der Waals surface area contributed by atoms with Gasteiger partial charge in [0.1, 0.15) is 5.82 Å². The Morgan fingerprint density at radius 3 is 3.06 bits per heavy atom. The molecule has 1 unspecified atom stereocenters. The molecule has 0 radical (unpaired) electrons. The number of halogens is 1. The van der Waals surface area contributed by atoms with Crippen LogP contribution in [-0.2, 0) is 5.88 Å². The number of piperidine rings is 1. The van der Waals surface area contributed by atoms with Gasteiger partial charge < -0.3 is 9.80 Å². The monoisotopic (exact) mass is 253 g/mol. The summed E-state index contributed by atoms with van der Waals surface area (Å²) < 4.78 is 0. The molecule has 0 bridgehead atoms. The van der Waals surface area contributed by atoms with E-state index in [0.29, 0.717) is 11.9 Å². The summed E-state index contributed by atoms with van der Waals surface area (Å²) in [5, 5.41) is 0. The van der Waals surface area contributed by atoms with E-state index in [9.17, 15) is 0 Å². The molecule has 1 aromatic rings. The van der Waals surface area contributed by atoms with Crippen molar-refractivity contribution < 1.29 is 0 Å². The number of likely N-dealkylation sites (N-methyl/N-ethyl adjacent to an activating group) is 2. The fourth-order valence-corrected chi connectivity index (χ4v) is 2.53. The molecule has 2 rings (SSSR count). The molecule has 1 atom stereocenters. The summed E-state index contributed by atoms with van der Waals surface area (Å²) in [7, 11) is 4.31. The van der Waals surface area contributed by atoms with E-state index in [1.54, 1.807) is 0 Å². The maximum Gasteiger partial charge on any atom is 0.128 e. The largest absolute Gasteiger partial charge is 0.355 e. The molecule has 3 nitrogen and oxygen atoms in total. The van der Waals surface area contributed by atoms with Crippen molar-refractivity contribution in [2.45, 2.75) is 24.8 Å². The first kappa shape index (κ1) is 12.7. The maximum absolute atomic E-state index is 5.82. The van der Waals surface area contributed by atoms with Crippen molar-refractivity contribution in [1.82, 2.24) is 9.88 Å². The lowest BCUT2D eigenvalue weighted by molar-refractivity contribution is 0.247. The van der Waals surface area contributed by atoms with E-state index < -0.39 is 0 Å². The lowest BCUT2D eigenvalue weighted by Gasteiger charge is -2.36. The van der Waals surface area contributed by atoms with Crippen LogP contribution in [0.1, 0.15) is 18.5 Å². The number of rotatable bonds is 3. The molecule has 1 aliphatic heterocycles. The number of hydrogen-bond donors (Lipinski definition) is 0. The van der Waals surface area contributed by atoms with E-state index in [4.69, 9.17) is 11.6 Å². The summed E-state index contributed by atoms with van der Waals surface area (Å²) in [6, 6.07) is 6.62. The lowest BCUT2D eigenvalue weighted by atomic mass is 10.1. The fraction of sp³-hybridized carbons (Fsp3) is 0.615. The van der Waals surface area contributed by atoms with E-state index >= 15 is 0 Å². The Balaban J connectivity index is 2.09. The molecule has 0 aliphatic carbocycles. The third kappa shape index (κ3) is 3.11. The van der Waals surface area contributed by atoms with Crippen LogP contribution >= 0.6 is 11.6 Å². The zero-order chi connectivity index (χ0) is 12.3. The minimum absolute atomic E-state index is 0.478. The van der Waals surface area contributed by atoms with Crippen molar-refractivity contribution in [2.24, 2.45) is 0 Å². The summed E-state index contributed by atoms with van der Waals surface area (Å²) in [4.78, 5) is 9.24. The third-order valence-electron chi connectivity index (χ3n) is 3.44. The molecule has 0 amide bonds. The fourth-order valence-electron chi connectivity index (χ4n) is 2.38. The lowest BCUT2D eigenvalue weighted by Crippen LogP contribution is -2.45. The maximum atomic E-state index is 5.82. The Kier molecular flexibility index (Phi) is 4.24. The smallest absolute Gasteiger partial charge is 0.128 e. The number of pyridine rings is 1. The second-order valence-electron chi connectivity index (χ2n) is 4.79. The molecule has 0 spiro atoms. The van der Waals surface area contributed by atoms with Crippen molar-refractivity contribution in [3.63, 3.8) is 0 Å². The molecule has 4 heteroatoms. The van der Waals surface area contributed by atoms with Gasteiger partial charge >= 0.3 is 0 Å². The highest BCUT2D eigenvalue weighted by Crippen LogP contribution is 2.19. The average Bonchev–Trinajstić information content (AvgIpc) is 2.38. The van der Waals surface area contributed by atoms with Gasteiger partial charge in [-0.15, -0.1) is 11.6 Å². The van der Waals surface area contributed by atoms with Crippen molar-refractivity contribution in [3.8, 4) is 0 Å². The molecule has 0 aromatic carbocycles. The summed E-state index contributed by atoms with van der Waals surface area (Å²) in [6.07, 6.45) is 2.51. The van der Waals surface area contributed by atoms with E-state index in [2.05, 4.69) is 34.9 Å². The number of alkyl halides is 1. The highest BCUT2D eigenvalue weighted by Gasteiger charge is 2.21. The van der Waals surface area contributed by atoms with Gasteiger partial charge in [0.25, 0.3) is 0 Å². The normalized spacial score (nSPS) is 21.5. The van der Waals surface area contributed by atoms with E-state index in [0.717, 1.165) is 18.1 Å². The molecular weight excluding hydrogens is 234 g/mol. The van der Waals surface area contributed by atoms with Crippen LogP contribution in [0.3, 0.4) is 0 Å². The van der Waals surface area contributed by atoms with Crippen LogP contribution in [0.15, 0.2) is 18.2 Å². The van der Waals surface area contributed by atoms with Crippen LogP contribution in [0.4, 0.5) is 5.82 Å². The predicted octanol–water partition coefficient (Wildman–Crippen LogP) is 2.35. The third-order valence-corrected chi connectivity index (χ3v) is 3.71. The molecule has 0 saturated carbocycles. The first-order chi connectivity index (χ1) is 8.20. The van der Waals surface area contributed by atoms with Gasteiger partial charge in [-0.05, 0) is 38.6 Å². The Labute approximate surface area is 108 Å². The highest BCUT2D eigenvalue weighted by atomic mass is 35.5. The van der Waals surface area contributed by atoms with Crippen LogP contribution in [0.2, 0.25) is 0 Å². The van der Waals surface area contributed by atoms with E-state index in [1.807, 2.05) is 12.1 Å². The van der Waals surface area contributed by atoms with Gasteiger partial charge in [-0.1, -0.05) is 6.07 Å². The number of aromatic nitrogens is 1. The molecule has 1 saturated heterocycles. The molecule has 1 aromatic heterocycles. The van der Waals surface area contributed by atoms with Gasteiger partial charge in [0.2, 0.25) is 0 Å². The zero-order valence-corrected chi connectivity index (χ0v) is 11.3. The van der Waals surface area contributed by atoms with Crippen molar-refractivity contribution in [2.75, 3.05) is 32.1 Å². The van der Waals surface area contributed by atoms with E-state index in [-0.39, 0.29) is 0 Å². The van der Waals surface area contributed by atoms with Gasteiger partial charge in [0.05, 0.1) is 11.6 Å². The van der Waals surface area contributed by atoms with Crippen LogP contribution < -0.4 is 4.90 Å². The van der Waals surface area contributed by atoms with Gasteiger partial charge in [-0.2, -0.15) is 0 Å². The van der Waals surface area contributed by atoms with Crippen LogP contribution in [-0.4, -0.2) is 43.1 Å². The first-order valence-corrected chi connectivity index (χ1v) is 6.67. The predicted molar refractivity (Wildman–Crippen MR) is 72.7 cm³/mol. The topological polar surface area (TPSA) is 19.4 Å². The SMILES string of the molecule is CN1CCCC(N(C)c2cccc(CCl)n2)C1. The Hall–Kier alpha value is -0.800. The number of hydrogen-bond acceptors (Lipinski definition) is 3. The zero-order valence-electron chi connectivity index (χ0n) is 10.6. The second kappa shape index (κ2) is 5.69.